The summed E-state index contributed by atoms with van der Waals surface area (Å²) >= 11 is 0. The van der Waals surface area contributed by atoms with Crippen LogP contribution in [0.4, 0.5) is 0 Å². The summed E-state index contributed by atoms with van der Waals surface area (Å²) in [6, 6.07) is 17.6. The molecule has 31 heavy (non-hydrogen) atoms. The maximum absolute atomic E-state index is 13.5. The quantitative estimate of drug-likeness (QED) is 0.470. The van der Waals surface area contributed by atoms with Crippen molar-refractivity contribution >= 4 is 11.2 Å². The highest BCUT2D eigenvalue weighted by Crippen LogP contribution is 2.23. The largest absolute Gasteiger partial charge is 0.337 e. The summed E-state index contributed by atoms with van der Waals surface area (Å²) in [6.45, 7) is 8.55. The second-order valence-corrected chi connectivity index (χ2v) is 8.45. The summed E-state index contributed by atoms with van der Waals surface area (Å²) < 4.78 is 4.83. The molecule has 4 aromatic rings. The molecule has 0 bridgehead atoms. The average molecular weight is 417 g/mol. The highest BCUT2D eigenvalue weighted by atomic mass is 16.2. The Kier molecular flexibility index (Phi) is 5.63. The standard InChI is InChI=1S/C25H28N4O2/c1-17(2)14-15-27-24(30)22-23(29(25(27)31)21-13-9-8-10-18(21)3)26-16-28(22)19(4)20-11-6-5-7-12-20/h5-13,16-17,19H,14-15H2,1-4H3/t19-/m0/s1. The van der Waals surface area contributed by atoms with E-state index in [1.54, 1.807) is 10.9 Å². The summed E-state index contributed by atoms with van der Waals surface area (Å²) in [5, 5.41) is 0. The monoisotopic (exact) mass is 416 g/mol. The summed E-state index contributed by atoms with van der Waals surface area (Å²) in [6.07, 6.45) is 2.42. The Hall–Kier alpha value is -3.41. The molecule has 0 aliphatic rings. The molecule has 0 aliphatic heterocycles. The number of nitrogens with zero attached hydrogens (tertiary/aromatic N) is 4. The molecule has 1 atom stereocenters. The van der Waals surface area contributed by atoms with Gasteiger partial charge in [-0.15, -0.1) is 0 Å². The maximum atomic E-state index is 13.5. The van der Waals surface area contributed by atoms with Crippen molar-refractivity contribution in [2.75, 3.05) is 0 Å². The van der Waals surface area contributed by atoms with E-state index in [0.29, 0.717) is 23.6 Å². The number of rotatable bonds is 6. The Morgan fingerprint density at radius 1 is 0.935 bits per heavy atom. The zero-order chi connectivity index (χ0) is 22.1. The van der Waals surface area contributed by atoms with Crippen LogP contribution in [0.1, 0.15) is 44.4 Å². The van der Waals surface area contributed by atoms with Crippen LogP contribution in [0.25, 0.3) is 16.9 Å². The minimum Gasteiger partial charge on any atom is -0.317 e. The van der Waals surface area contributed by atoms with E-state index in [1.165, 1.54) is 4.57 Å². The molecule has 6 heteroatoms. The number of aromatic nitrogens is 4. The van der Waals surface area contributed by atoms with Crippen molar-refractivity contribution in [2.45, 2.75) is 46.7 Å². The van der Waals surface area contributed by atoms with E-state index in [2.05, 4.69) is 18.8 Å². The fourth-order valence-electron chi connectivity index (χ4n) is 3.95. The second kappa shape index (κ2) is 8.38. The Morgan fingerprint density at radius 3 is 2.29 bits per heavy atom. The molecule has 2 heterocycles. The molecule has 0 fully saturated rings. The average Bonchev–Trinajstić information content (AvgIpc) is 3.20. The summed E-state index contributed by atoms with van der Waals surface area (Å²) in [5.74, 6) is 0.377. The van der Waals surface area contributed by atoms with Crippen LogP contribution < -0.4 is 11.2 Å². The number of hydrogen-bond acceptors (Lipinski definition) is 3. The molecule has 0 unspecified atom stereocenters. The van der Waals surface area contributed by atoms with E-state index in [0.717, 1.165) is 23.2 Å². The predicted octanol–water partition coefficient (Wildman–Crippen LogP) is 4.31. The third kappa shape index (κ3) is 3.74. The molecule has 0 aliphatic carbocycles. The first-order valence-corrected chi connectivity index (χ1v) is 10.7. The molecule has 4 rings (SSSR count). The lowest BCUT2D eigenvalue weighted by atomic mass is 10.1. The van der Waals surface area contributed by atoms with Crippen molar-refractivity contribution < 1.29 is 0 Å². The SMILES string of the molecule is Cc1ccccc1-n1c(=O)n(CCC(C)C)c(=O)c2c1ncn2[C@@H](C)c1ccccc1. The molecule has 0 spiro atoms. The third-order valence-electron chi connectivity index (χ3n) is 5.84. The maximum Gasteiger partial charge on any atom is 0.337 e. The van der Waals surface area contributed by atoms with E-state index < -0.39 is 0 Å². The first kappa shape index (κ1) is 20.8. The topological polar surface area (TPSA) is 61.8 Å². The van der Waals surface area contributed by atoms with Gasteiger partial charge in [-0.25, -0.2) is 14.3 Å². The number of hydrogen-bond donors (Lipinski definition) is 0. The molecule has 0 amide bonds. The number of aryl methyl sites for hydroxylation is 1. The lowest BCUT2D eigenvalue weighted by Crippen LogP contribution is -2.40. The molecule has 0 radical (unpaired) electrons. The Bertz CT molecular complexity index is 1330. The molecule has 0 saturated heterocycles. The first-order valence-electron chi connectivity index (χ1n) is 10.7. The van der Waals surface area contributed by atoms with Crippen molar-refractivity contribution in [2.24, 2.45) is 5.92 Å². The normalized spacial score (nSPS) is 12.5. The number of para-hydroxylation sites is 1. The number of benzene rings is 2. The zero-order valence-electron chi connectivity index (χ0n) is 18.4. The van der Waals surface area contributed by atoms with Crippen LogP contribution in [0.3, 0.4) is 0 Å². The van der Waals surface area contributed by atoms with Crippen molar-refractivity contribution in [3.8, 4) is 5.69 Å². The van der Waals surface area contributed by atoms with Gasteiger partial charge in [0, 0.05) is 6.54 Å². The van der Waals surface area contributed by atoms with E-state index in [1.807, 2.05) is 73.0 Å². The molecule has 160 valence electrons. The summed E-state index contributed by atoms with van der Waals surface area (Å²) in [7, 11) is 0. The summed E-state index contributed by atoms with van der Waals surface area (Å²) in [5.41, 5.74) is 2.98. The van der Waals surface area contributed by atoms with Crippen LogP contribution in [-0.2, 0) is 6.54 Å². The minimum absolute atomic E-state index is 0.0970. The van der Waals surface area contributed by atoms with Gasteiger partial charge in [-0.3, -0.25) is 9.36 Å². The van der Waals surface area contributed by atoms with Crippen LogP contribution in [-0.4, -0.2) is 18.7 Å². The van der Waals surface area contributed by atoms with Crippen LogP contribution in [0.15, 0.2) is 70.5 Å². The Labute approximate surface area is 181 Å². The predicted molar refractivity (Wildman–Crippen MR) is 124 cm³/mol. The van der Waals surface area contributed by atoms with E-state index >= 15 is 0 Å². The molecule has 6 nitrogen and oxygen atoms in total. The van der Waals surface area contributed by atoms with Gasteiger partial charge < -0.3 is 4.57 Å². The Balaban J connectivity index is 2.03. The van der Waals surface area contributed by atoms with Crippen molar-refractivity contribution in [3.05, 3.63) is 92.9 Å². The molecule has 0 N–H and O–H groups in total. The van der Waals surface area contributed by atoms with Crippen LogP contribution in [0.2, 0.25) is 0 Å². The van der Waals surface area contributed by atoms with Gasteiger partial charge in [-0.1, -0.05) is 62.4 Å². The highest BCUT2D eigenvalue weighted by molar-refractivity contribution is 5.73. The highest BCUT2D eigenvalue weighted by Gasteiger charge is 2.22. The van der Waals surface area contributed by atoms with Gasteiger partial charge in [0.05, 0.1) is 18.1 Å². The molecule has 2 aromatic carbocycles. The van der Waals surface area contributed by atoms with E-state index in [9.17, 15) is 9.59 Å². The van der Waals surface area contributed by atoms with Gasteiger partial charge in [0.1, 0.15) is 0 Å². The first-order chi connectivity index (χ1) is 14.9. The third-order valence-corrected chi connectivity index (χ3v) is 5.84. The van der Waals surface area contributed by atoms with Gasteiger partial charge in [0.25, 0.3) is 5.56 Å². The zero-order valence-corrected chi connectivity index (χ0v) is 18.4. The molecule has 2 aromatic heterocycles. The van der Waals surface area contributed by atoms with Gasteiger partial charge >= 0.3 is 5.69 Å². The van der Waals surface area contributed by atoms with Gasteiger partial charge in [0.15, 0.2) is 11.2 Å². The molecule has 0 saturated carbocycles. The smallest absolute Gasteiger partial charge is 0.317 e. The number of fused-ring (bicyclic) bond motifs is 1. The summed E-state index contributed by atoms with van der Waals surface area (Å²) in [4.78, 5) is 31.6. The fraction of sp³-hybridized carbons (Fsp3) is 0.320. The lowest BCUT2D eigenvalue weighted by molar-refractivity contribution is 0.491. The van der Waals surface area contributed by atoms with Gasteiger partial charge in [0.2, 0.25) is 0 Å². The van der Waals surface area contributed by atoms with Crippen molar-refractivity contribution in [3.63, 3.8) is 0 Å². The second-order valence-electron chi connectivity index (χ2n) is 8.45. The Morgan fingerprint density at radius 2 is 1.61 bits per heavy atom. The molecular formula is C25H28N4O2. The van der Waals surface area contributed by atoms with Crippen LogP contribution in [0, 0.1) is 12.8 Å². The van der Waals surface area contributed by atoms with Gasteiger partial charge in [-0.2, -0.15) is 0 Å². The lowest BCUT2D eigenvalue weighted by Gasteiger charge is -2.17. The fourth-order valence-corrected chi connectivity index (χ4v) is 3.95. The van der Waals surface area contributed by atoms with Crippen molar-refractivity contribution in [1.29, 1.82) is 0 Å². The number of imidazole rings is 1. The van der Waals surface area contributed by atoms with Crippen molar-refractivity contribution in [1.82, 2.24) is 18.7 Å². The van der Waals surface area contributed by atoms with Gasteiger partial charge in [-0.05, 0) is 43.4 Å². The van der Waals surface area contributed by atoms with Crippen LogP contribution >= 0.6 is 0 Å². The minimum atomic E-state index is -0.343. The van der Waals surface area contributed by atoms with E-state index in [4.69, 9.17) is 0 Å². The van der Waals surface area contributed by atoms with E-state index in [-0.39, 0.29) is 17.3 Å². The molecular weight excluding hydrogens is 388 g/mol. The van der Waals surface area contributed by atoms with Crippen LogP contribution in [0.5, 0.6) is 0 Å².